The molecule has 5 nitrogen and oxygen atoms in total. The smallest absolute Gasteiger partial charge is 0.137 e. The third-order valence-electron chi connectivity index (χ3n) is 2.79. The van der Waals surface area contributed by atoms with Gasteiger partial charge in [-0.05, 0) is 19.8 Å². The Bertz CT molecular complexity index is 396. The van der Waals surface area contributed by atoms with Gasteiger partial charge in [0, 0.05) is 25.7 Å². The van der Waals surface area contributed by atoms with Gasteiger partial charge < -0.3 is 15.2 Å². The fourth-order valence-electron chi connectivity index (χ4n) is 1.76. The number of aromatic nitrogens is 2. The van der Waals surface area contributed by atoms with Crippen molar-refractivity contribution in [1.82, 2.24) is 9.97 Å². The highest BCUT2D eigenvalue weighted by molar-refractivity contribution is 6.30. The molecule has 0 aliphatic carbocycles. The van der Waals surface area contributed by atoms with Crippen molar-refractivity contribution >= 4 is 17.4 Å². The Kier molecular flexibility index (Phi) is 7.05. The van der Waals surface area contributed by atoms with Crippen LogP contribution >= 0.6 is 11.6 Å². The lowest BCUT2D eigenvalue weighted by Gasteiger charge is -2.19. The molecule has 19 heavy (non-hydrogen) atoms. The van der Waals surface area contributed by atoms with E-state index in [0.29, 0.717) is 18.2 Å². The van der Waals surface area contributed by atoms with E-state index in [2.05, 4.69) is 22.2 Å². The maximum absolute atomic E-state index is 9.05. The van der Waals surface area contributed by atoms with E-state index in [0.717, 1.165) is 30.0 Å². The molecule has 1 unspecified atom stereocenters. The summed E-state index contributed by atoms with van der Waals surface area (Å²) >= 11 is 6.12. The Hall–Kier alpha value is -0.910. The minimum Gasteiger partial charge on any atom is -0.396 e. The van der Waals surface area contributed by atoms with Crippen LogP contribution in [0.1, 0.15) is 31.2 Å². The first kappa shape index (κ1) is 16.1. The Morgan fingerprint density at radius 1 is 1.42 bits per heavy atom. The quantitative estimate of drug-likeness (QED) is 0.718. The summed E-state index contributed by atoms with van der Waals surface area (Å²) in [5.41, 5.74) is 0.820. The Balaban J connectivity index is 2.90. The van der Waals surface area contributed by atoms with Gasteiger partial charge in [0.25, 0.3) is 0 Å². The summed E-state index contributed by atoms with van der Waals surface area (Å²) in [6.07, 6.45) is 2.36. The fourth-order valence-corrected chi connectivity index (χ4v) is 1.94. The van der Waals surface area contributed by atoms with E-state index >= 15 is 0 Å². The number of methoxy groups -OCH3 is 1. The van der Waals surface area contributed by atoms with Gasteiger partial charge in [0.2, 0.25) is 0 Å². The molecule has 1 atom stereocenters. The maximum Gasteiger partial charge on any atom is 0.137 e. The molecule has 0 saturated heterocycles. The van der Waals surface area contributed by atoms with E-state index in [1.807, 2.05) is 6.92 Å². The highest BCUT2D eigenvalue weighted by Crippen LogP contribution is 2.21. The third-order valence-corrected chi connectivity index (χ3v) is 3.16. The molecule has 1 rings (SSSR count). The molecule has 0 amide bonds. The van der Waals surface area contributed by atoms with Crippen LogP contribution in [0.3, 0.4) is 0 Å². The monoisotopic (exact) mass is 287 g/mol. The molecule has 0 fully saturated rings. The predicted octanol–water partition coefficient (Wildman–Crippen LogP) is 2.20. The molecule has 0 aliphatic rings. The molecule has 2 N–H and O–H groups in total. The number of nitrogens with zero attached hydrogens (tertiary/aromatic N) is 2. The second-order valence-electron chi connectivity index (χ2n) is 4.46. The lowest BCUT2D eigenvalue weighted by molar-refractivity contribution is 0.170. The van der Waals surface area contributed by atoms with Crippen molar-refractivity contribution in [3.05, 3.63) is 16.5 Å². The first-order valence-electron chi connectivity index (χ1n) is 6.51. The highest BCUT2D eigenvalue weighted by Gasteiger charge is 2.14. The van der Waals surface area contributed by atoms with Crippen LogP contribution in [0.15, 0.2) is 0 Å². The zero-order valence-corrected chi connectivity index (χ0v) is 12.5. The molecule has 0 aromatic carbocycles. The number of aryl methyl sites for hydroxylation is 1. The summed E-state index contributed by atoms with van der Waals surface area (Å²) in [7, 11) is 1.63. The lowest BCUT2D eigenvalue weighted by Crippen LogP contribution is -2.27. The van der Waals surface area contributed by atoms with E-state index in [1.54, 1.807) is 7.11 Å². The minimum atomic E-state index is 0.00847. The maximum atomic E-state index is 9.05. The zero-order chi connectivity index (χ0) is 14.3. The predicted molar refractivity (Wildman–Crippen MR) is 76.8 cm³/mol. The first-order valence-corrected chi connectivity index (χ1v) is 6.89. The van der Waals surface area contributed by atoms with Crippen molar-refractivity contribution in [3.8, 4) is 0 Å². The van der Waals surface area contributed by atoms with Gasteiger partial charge in [-0.25, -0.2) is 9.97 Å². The number of aliphatic hydroxyl groups excluding tert-OH is 1. The van der Waals surface area contributed by atoms with E-state index < -0.39 is 0 Å². The molecule has 1 aromatic rings. The molecule has 1 heterocycles. The van der Waals surface area contributed by atoms with Crippen molar-refractivity contribution in [2.75, 3.05) is 25.6 Å². The standard InChI is InChI=1S/C13H22ClN3O2/c1-4-5-11-16-12(14)9(2)13(17-11)15-10(6-7-18)8-19-3/h10,18H,4-8H2,1-3H3,(H,15,16,17). The molecule has 0 aliphatic heterocycles. The molecule has 0 saturated carbocycles. The number of hydrogen-bond donors (Lipinski definition) is 2. The second kappa shape index (κ2) is 8.30. The summed E-state index contributed by atoms with van der Waals surface area (Å²) in [5.74, 6) is 1.46. The van der Waals surface area contributed by atoms with Gasteiger partial charge >= 0.3 is 0 Å². The SMILES string of the molecule is CCCc1nc(Cl)c(C)c(NC(CCO)COC)n1. The summed E-state index contributed by atoms with van der Waals surface area (Å²) in [6, 6.07) is 0.00847. The van der Waals surface area contributed by atoms with Crippen molar-refractivity contribution in [3.63, 3.8) is 0 Å². The van der Waals surface area contributed by atoms with Crippen LogP contribution in [0.4, 0.5) is 5.82 Å². The third kappa shape index (κ3) is 4.93. The Labute approximate surface area is 119 Å². The van der Waals surface area contributed by atoms with Crippen molar-refractivity contribution in [2.24, 2.45) is 0 Å². The van der Waals surface area contributed by atoms with Crippen LogP contribution < -0.4 is 5.32 Å². The largest absolute Gasteiger partial charge is 0.396 e. The van der Waals surface area contributed by atoms with Gasteiger partial charge in [-0.15, -0.1) is 0 Å². The van der Waals surface area contributed by atoms with Gasteiger partial charge in [-0.1, -0.05) is 18.5 Å². The second-order valence-corrected chi connectivity index (χ2v) is 4.82. The minimum absolute atomic E-state index is 0.00847. The normalized spacial score (nSPS) is 12.5. The Morgan fingerprint density at radius 3 is 2.74 bits per heavy atom. The topological polar surface area (TPSA) is 67.3 Å². The van der Waals surface area contributed by atoms with Crippen LogP contribution in [-0.2, 0) is 11.2 Å². The van der Waals surface area contributed by atoms with Gasteiger partial charge in [-0.2, -0.15) is 0 Å². The van der Waals surface area contributed by atoms with Crippen LogP contribution in [0.25, 0.3) is 0 Å². The Morgan fingerprint density at radius 2 is 2.16 bits per heavy atom. The average Bonchev–Trinajstić information content (AvgIpc) is 2.36. The van der Waals surface area contributed by atoms with Crippen LogP contribution in [0.5, 0.6) is 0 Å². The number of hydrogen-bond acceptors (Lipinski definition) is 5. The molecule has 0 bridgehead atoms. The highest BCUT2D eigenvalue weighted by atomic mass is 35.5. The van der Waals surface area contributed by atoms with Gasteiger partial charge in [0.15, 0.2) is 0 Å². The summed E-state index contributed by atoms with van der Waals surface area (Å²) in [6.45, 7) is 4.55. The van der Waals surface area contributed by atoms with E-state index in [1.165, 1.54) is 0 Å². The first-order chi connectivity index (χ1) is 9.12. The van der Waals surface area contributed by atoms with Crippen LogP contribution in [0, 0.1) is 6.92 Å². The number of nitrogens with one attached hydrogen (secondary N) is 1. The molecular weight excluding hydrogens is 266 g/mol. The van der Waals surface area contributed by atoms with Crippen molar-refractivity contribution in [2.45, 2.75) is 39.2 Å². The molecular formula is C13H22ClN3O2. The number of halogens is 1. The lowest BCUT2D eigenvalue weighted by atomic mass is 10.2. The molecule has 6 heteroatoms. The van der Waals surface area contributed by atoms with E-state index in [9.17, 15) is 0 Å². The number of ether oxygens (including phenoxy) is 1. The molecule has 0 radical (unpaired) electrons. The van der Waals surface area contributed by atoms with Crippen LogP contribution in [0.2, 0.25) is 5.15 Å². The number of anilines is 1. The van der Waals surface area contributed by atoms with E-state index in [-0.39, 0.29) is 12.6 Å². The summed E-state index contributed by atoms with van der Waals surface area (Å²) in [4.78, 5) is 8.74. The van der Waals surface area contributed by atoms with Crippen molar-refractivity contribution < 1.29 is 9.84 Å². The number of rotatable bonds is 8. The summed E-state index contributed by atoms with van der Waals surface area (Å²) < 4.78 is 5.13. The van der Waals surface area contributed by atoms with E-state index in [4.69, 9.17) is 21.4 Å². The summed E-state index contributed by atoms with van der Waals surface area (Å²) in [5, 5.41) is 12.8. The van der Waals surface area contributed by atoms with Crippen molar-refractivity contribution in [1.29, 1.82) is 0 Å². The number of aliphatic hydroxyl groups is 1. The van der Waals surface area contributed by atoms with Gasteiger partial charge in [0.05, 0.1) is 12.6 Å². The fraction of sp³-hybridized carbons (Fsp3) is 0.692. The molecule has 0 spiro atoms. The van der Waals surface area contributed by atoms with Gasteiger partial charge in [0.1, 0.15) is 16.8 Å². The molecule has 1 aromatic heterocycles. The van der Waals surface area contributed by atoms with Gasteiger partial charge in [-0.3, -0.25) is 0 Å². The zero-order valence-electron chi connectivity index (χ0n) is 11.7. The van der Waals surface area contributed by atoms with Crippen LogP contribution in [-0.4, -0.2) is 41.4 Å². The average molecular weight is 288 g/mol. The molecule has 108 valence electrons.